The first-order valence-corrected chi connectivity index (χ1v) is 7.91. The van der Waals surface area contributed by atoms with Gasteiger partial charge in [-0.15, -0.1) is 0 Å². The van der Waals surface area contributed by atoms with Crippen LogP contribution in [0.2, 0.25) is 0 Å². The van der Waals surface area contributed by atoms with Gasteiger partial charge in [-0.3, -0.25) is 14.9 Å². The third kappa shape index (κ3) is 8.27. The number of amides is 1. The Balaban J connectivity index is 2.34. The summed E-state index contributed by atoms with van der Waals surface area (Å²) in [4.78, 5) is 39.9. The van der Waals surface area contributed by atoms with Crippen LogP contribution in [0.1, 0.15) is 31.9 Å². The van der Waals surface area contributed by atoms with Crippen molar-refractivity contribution in [3.8, 4) is 0 Å². The van der Waals surface area contributed by atoms with Crippen molar-refractivity contribution < 1.29 is 29.7 Å². The third-order valence-corrected chi connectivity index (χ3v) is 3.65. The molecule has 0 fully saturated rings. The Morgan fingerprint density at radius 2 is 1.92 bits per heavy atom. The number of H-pyrrole nitrogens is 1. The van der Waals surface area contributed by atoms with Gasteiger partial charge in [0.25, 0.3) is 0 Å². The number of carbonyl (C=O) groups excluding carboxylic acids is 1. The molecule has 0 bridgehead atoms. The van der Waals surface area contributed by atoms with Crippen molar-refractivity contribution in [3.05, 3.63) is 18.2 Å². The van der Waals surface area contributed by atoms with Gasteiger partial charge in [0.2, 0.25) is 5.91 Å². The summed E-state index contributed by atoms with van der Waals surface area (Å²) < 4.78 is 0. The minimum atomic E-state index is -1.17. The highest BCUT2D eigenvalue weighted by Gasteiger charge is 2.21. The number of imidazole rings is 1. The zero-order valence-corrected chi connectivity index (χ0v) is 13.9. The molecule has 6 N–H and O–H groups in total. The van der Waals surface area contributed by atoms with Gasteiger partial charge in [0.15, 0.2) is 0 Å². The number of carboxylic acids is 2. The summed E-state index contributed by atoms with van der Waals surface area (Å²) in [6.45, 7) is 1.47. The highest BCUT2D eigenvalue weighted by atomic mass is 16.4. The molecule has 1 amide bonds. The molecule has 10 heteroatoms. The zero-order chi connectivity index (χ0) is 18.8. The molecule has 1 rings (SSSR count). The first kappa shape index (κ1) is 20.6. The predicted octanol–water partition coefficient (Wildman–Crippen LogP) is -0.679. The van der Waals surface area contributed by atoms with Gasteiger partial charge in [0, 0.05) is 25.2 Å². The molecule has 0 spiro atoms. The maximum Gasteiger partial charge on any atom is 0.326 e. The number of hydrogen-bond donors (Lipinski definition) is 6. The fourth-order valence-corrected chi connectivity index (χ4v) is 2.33. The molecule has 0 aromatic carbocycles. The molecule has 3 unspecified atom stereocenters. The Kier molecular flexibility index (Phi) is 8.57. The number of nitrogens with zero attached hydrogens (tertiary/aromatic N) is 1. The lowest BCUT2D eigenvalue weighted by Crippen LogP contribution is -2.41. The number of carbonyl (C=O) groups is 3. The van der Waals surface area contributed by atoms with Crippen LogP contribution in [-0.2, 0) is 20.8 Å². The fourth-order valence-electron chi connectivity index (χ4n) is 2.33. The standard InChI is InChI=1S/C15H24N4O6/c1-9(20)19-12(15(24)25)2-3-13(21)17-5-4-10(14(22)23)6-11-7-16-8-18-11/h7-8,10,12-13,17,21H,2-6H2,1H3,(H,16,18)(H,19,20)(H,22,23)(H,24,25). The summed E-state index contributed by atoms with van der Waals surface area (Å²) >= 11 is 0. The quantitative estimate of drug-likeness (QED) is 0.268. The molecule has 0 saturated carbocycles. The number of aliphatic hydroxyl groups is 1. The molecule has 1 heterocycles. The van der Waals surface area contributed by atoms with E-state index in [-0.39, 0.29) is 19.4 Å². The lowest BCUT2D eigenvalue weighted by Gasteiger charge is -2.18. The van der Waals surface area contributed by atoms with Crippen LogP contribution >= 0.6 is 0 Å². The normalized spacial score (nSPS) is 14.5. The maximum atomic E-state index is 11.3. The summed E-state index contributed by atoms with van der Waals surface area (Å²) in [5, 5.41) is 33.1. The average Bonchev–Trinajstić information content (AvgIpc) is 3.02. The largest absolute Gasteiger partial charge is 0.481 e. The summed E-state index contributed by atoms with van der Waals surface area (Å²) in [6.07, 6.45) is 2.80. The van der Waals surface area contributed by atoms with E-state index in [1.807, 2.05) is 0 Å². The van der Waals surface area contributed by atoms with Crippen LogP contribution in [0.5, 0.6) is 0 Å². The Morgan fingerprint density at radius 1 is 1.20 bits per heavy atom. The summed E-state index contributed by atoms with van der Waals surface area (Å²) in [6, 6.07) is -1.07. The number of aromatic amines is 1. The van der Waals surface area contributed by atoms with Gasteiger partial charge in [-0.2, -0.15) is 0 Å². The predicted molar refractivity (Wildman–Crippen MR) is 86.5 cm³/mol. The Hall–Kier alpha value is -2.46. The smallest absolute Gasteiger partial charge is 0.326 e. The van der Waals surface area contributed by atoms with Crippen LogP contribution in [0, 0.1) is 5.92 Å². The number of aliphatic hydroxyl groups excluding tert-OH is 1. The van der Waals surface area contributed by atoms with Crippen LogP contribution < -0.4 is 10.6 Å². The maximum absolute atomic E-state index is 11.3. The Morgan fingerprint density at radius 3 is 2.44 bits per heavy atom. The minimum Gasteiger partial charge on any atom is -0.481 e. The van der Waals surface area contributed by atoms with Gasteiger partial charge >= 0.3 is 11.9 Å². The molecule has 0 saturated heterocycles. The average molecular weight is 356 g/mol. The van der Waals surface area contributed by atoms with Crippen LogP contribution in [0.15, 0.2) is 12.5 Å². The molecule has 0 aliphatic heterocycles. The van der Waals surface area contributed by atoms with Gasteiger partial charge in [-0.25, -0.2) is 9.78 Å². The number of hydrogen-bond acceptors (Lipinski definition) is 6. The molecule has 1 aromatic heterocycles. The molecular weight excluding hydrogens is 332 g/mol. The second kappa shape index (κ2) is 10.4. The van der Waals surface area contributed by atoms with E-state index < -0.39 is 36.0 Å². The number of nitrogens with one attached hydrogen (secondary N) is 3. The van der Waals surface area contributed by atoms with Crippen molar-refractivity contribution >= 4 is 17.8 Å². The van der Waals surface area contributed by atoms with E-state index in [1.165, 1.54) is 13.3 Å². The molecule has 1 aromatic rings. The fraction of sp³-hybridized carbons (Fsp3) is 0.600. The summed E-state index contributed by atoms with van der Waals surface area (Å²) in [5.41, 5.74) is 0.715. The molecule has 140 valence electrons. The number of carboxylic acid groups (broad SMARTS) is 2. The van der Waals surface area contributed by atoms with Crippen molar-refractivity contribution in [1.29, 1.82) is 0 Å². The lowest BCUT2D eigenvalue weighted by atomic mass is 10.00. The second-order valence-corrected chi connectivity index (χ2v) is 5.74. The third-order valence-electron chi connectivity index (χ3n) is 3.65. The van der Waals surface area contributed by atoms with Crippen LogP contribution in [-0.4, -0.2) is 61.9 Å². The zero-order valence-electron chi connectivity index (χ0n) is 13.9. The molecule has 25 heavy (non-hydrogen) atoms. The van der Waals surface area contributed by atoms with E-state index in [4.69, 9.17) is 5.11 Å². The highest BCUT2D eigenvalue weighted by molar-refractivity contribution is 5.81. The van der Waals surface area contributed by atoms with Crippen molar-refractivity contribution in [2.75, 3.05) is 6.54 Å². The highest BCUT2D eigenvalue weighted by Crippen LogP contribution is 2.10. The number of rotatable bonds is 12. The van der Waals surface area contributed by atoms with Crippen molar-refractivity contribution in [3.63, 3.8) is 0 Å². The summed E-state index contributed by atoms with van der Waals surface area (Å²) in [5.74, 6) is -3.21. The molecular formula is C15H24N4O6. The van der Waals surface area contributed by atoms with Crippen LogP contribution in [0.4, 0.5) is 0 Å². The second-order valence-electron chi connectivity index (χ2n) is 5.74. The number of aromatic nitrogens is 2. The van der Waals surface area contributed by atoms with Crippen molar-refractivity contribution in [1.82, 2.24) is 20.6 Å². The SMILES string of the molecule is CC(=O)NC(CCC(O)NCCC(Cc1cnc[nH]1)C(=O)O)C(=O)O. The number of aliphatic carboxylic acids is 2. The van der Waals surface area contributed by atoms with E-state index >= 15 is 0 Å². The molecule has 10 nitrogen and oxygen atoms in total. The Bertz CT molecular complexity index is 562. The van der Waals surface area contributed by atoms with E-state index in [9.17, 15) is 24.6 Å². The van der Waals surface area contributed by atoms with Crippen molar-refractivity contribution in [2.45, 2.75) is 44.9 Å². The van der Waals surface area contributed by atoms with E-state index in [1.54, 1.807) is 6.20 Å². The molecule has 3 atom stereocenters. The topological polar surface area (TPSA) is 165 Å². The van der Waals surface area contributed by atoms with E-state index in [0.717, 1.165) is 0 Å². The van der Waals surface area contributed by atoms with Crippen LogP contribution in [0.25, 0.3) is 0 Å². The first-order chi connectivity index (χ1) is 11.8. The molecule has 0 aliphatic rings. The van der Waals surface area contributed by atoms with E-state index in [2.05, 4.69) is 20.6 Å². The van der Waals surface area contributed by atoms with Gasteiger partial charge in [0.1, 0.15) is 12.3 Å². The van der Waals surface area contributed by atoms with Gasteiger partial charge < -0.3 is 25.6 Å². The van der Waals surface area contributed by atoms with Gasteiger partial charge in [-0.1, -0.05) is 0 Å². The molecule has 0 radical (unpaired) electrons. The monoisotopic (exact) mass is 356 g/mol. The molecule has 0 aliphatic carbocycles. The van der Waals surface area contributed by atoms with Crippen molar-refractivity contribution in [2.24, 2.45) is 5.92 Å². The van der Waals surface area contributed by atoms with Gasteiger partial charge in [-0.05, 0) is 25.8 Å². The summed E-state index contributed by atoms with van der Waals surface area (Å²) in [7, 11) is 0. The van der Waals surface area contributed by atoms with Gasteiger partial charge in [0.05, 0.1) is 12.2 Å². The van der Waals surface area contributed by atoms with E-state index in [0.29, 0.717) is 18.5 Å². The minimum absolute atomic E-state index is 0.0551. The van der Waals surface area contributed by atoms with Crippen LogP contribution in [0.3, 0.4) is 0 Å². The first-order valence-electron chi connectivity index (χ1n) is 7.91. The lowest BCUT2D eigenvalue weighted by molar-refractivity contribution is -0.142. The Labute approximate surface area is 144 Å².